The Bertz CT molecular complexity index is 2140. The van der Waals surface area contributed by atoms with Crippen LogP contribution in [-0.2, 0) is 141 Å². The molecule has 11 unspecified atom stereocenters. The van der Waals surface area contributed by atoms with Gasteiger partial charge in [0.05, 0.1) is 110 Å². The molecule has 10 N–H and O–H groups in total. The van der Waals surface area contributed by atoms with Crippen LogP contribution in [0.5, 0.6) is 0 Å². The van der Waals surface area contributed by atoms with E-state index in [0.717, 1.165) is 0 Å². The van der Waals surface area contributed by atoms with Gasteiger partial charge in [-0.25, -0.2) is 0 Å². The van der Waals surface area contributed by atoms with Gasteiger partial charge in [0.2, 0.25) is 5.91 Å². The van der Waals surface area contributed by atoms with E-state index in [4.69, 9.17) is 131 Å². The van der Waals surface area contributed by atoms with Crippen LogP contribution in [0.25, 0.3) is 0 Å². The zero-order chi connectivity index (χ0) is 69.1. The lowest BCUT2D eigenvalue weighted by molar-refractivity contribution is -0.282. The Morgan fingerprint density at radius 2 is 0.753 bits per heavy atom. The third kappa shape index (κ3) is 35.0. The van der Waals surface area contributed by atoms with Crippen LogP contribution < -0.4 is 20.0 Å². The number of carbonyl (C=O) groups is 1. The summed E-state index contributed by atoms with van der Waals surface area (Å²) in [4.78, 5) is 49.8. The molecule has 3 aliphatic rings. The van der Waals surface area contributed by atoms with Crippen molar-refractivity contribution in [2.45, 2.75) is 165 Å². The maximum atomic E-state index is 13.0. The lowest BCUT2D eigenvalue weighted by Gasteiger charge is -2.42. The number of unbranched alkanes of at least 4 members (excludes halogenated alkanes) is 3. The second-order valence-electron chi connectivity index (χ2n) is 22.2. The lowest BCUT2D eigenvalue weighted by atomic mass is 9.92. The minimum Gasteiger partial charge on any atom is -0.780 e. The predicted molar refractivity (Wildman–Crippen MR) is 335 cm³/mol. The van der Waals surface area contributed by atoms with Crippen molar-refractivity contribution < 1.29 is 154 Å². The zero-order valence-electron chi connectivity index (χ0n) is 52.9. The molecule has 0 spiro atoms. The SMILES string of the molecule is COP([O-])(=S)OCCCOCC(COCCCOP(=O)([S-])OCCCCO[C@@H]1OC(CO)[C@H](O)[C@H](O)C1C)(COCCCOP([O-])(=S)OCCCCO[C@@H]1OC(CO)[C@H](O)[C@H](O)C1C)COCCCOP([O-])(=S)OCCCCO[C@@H]1OC(CO)[C@H](O)[C@H](O)C1NC(C)=O. The fourth-order valence-corrected chi connectivity index (χ4v) is 13.5. The molecular formula is C52H99NO32P4S4-4. The van der Waals surface area contributed by atoms with Gasteiger partial charge >= 0.3 is 0 Å². The van der Waals surface area contributed by atoms with Crippen LogP contribution >= 0.6 is 27.0 Å². The molecule has 3 fully saturated rings. The minimum absolute atomic E-state index is 0.0202. The van der Waals surface area contributed by atoms with Gasteiger partial charge in [0.25, 0.3) is 0 Å². The summed E-state index contributed by atoms with van der Waals surface area (Å²) >= 11 is 20.1. The molecule has 33 nitrogen and oxygen atoms in total. The Balaban J connectivity index is 1.54. The number of carbonyl (C=O) groups excluding carboxylic acids is 1. The number of nitrogens with one attached hydrogen (secondary N) is 1. The van der Waals surface area contributed by atoms with E-state index in [-0.39, 0.29) is 145 Å². The van der Waals surface area contributed by atoms with Gasteiger partial charge < -0.3 is 162 Å². The summed E-state index contributed by atoms with van der Waals surface area (Å²) in [6, 6.07) is -1.12. The molecule has 552 valence electrons. The first kappa shape index (κ1) is 88.0. The minimum atomic E-state index is -3.97. The Hall–Kier alpha value is 0.800. The highest BCUT2D eigenvalue weighted by atomic mass is 32.7. The molecule has 0 aromatic heterocycles. The summed E-state index contributed by atoms with van der Waals surface area (Å²) in [5.74, 6) is -1.63. The van der Waals surface area contributed by atoms with Gasteiger partial charge in [-0.3, -0.25) is 9.36 Å². The predicted octanol–water partition coefficient (Wildman–Crippen LogP) is -1.74. The third-order valence-electron chi connectivity index (χ3n) is 14.4. The van der Waals surface area contributed by atoms with Crippen molar-refractivity contribution in [1.82, 2.24) is 5.32 Å². The van der Waals surface area contributed by atoms with Gasteiger partial charge in [-0.2, -0.15) is 0 Å². The average Bonchev–Trinajstić information content (AvgIpc) is 1.06. The molecule has 1 amide bonds. The summed E-state index contributed by atoms with van der Waals surface area (Å²) in [5, 5.41) is 92.4. The second kappa shape index (κ2) is 47.1. The molecule has 3 rings (SSSR count). The Labute approximate surface area is 564 Å². The zero-order valence-corrected chi connectivity index (χ0v) is 59.8. The van der Waals surface area contributed by atoms with Crippen LogP contribution in [0.2, 0.25) is 0 Å². The van der Waals surface area contributed by atoms with Crippen LogP contribution in [0, 0.1) is 17.3 Å². The summed E-state index contributed by atoms with van der Waals surface area (Å²) in [7, 11) is 1.17. The highest BCUT2D eigenvalue weighted by molar-refractivity contribution is 8.32. The topological polar surface area (TPSA) is 464 Å². The number of hydrogen-bond acceptors (Lipinski definition) is 36. The maximum absolute atomic E-state index is 13.0. The van der Waals surface area contributed by atoms with E-state index < -0.39 is 150 Å². The van der Waals surface area contributed by atoms with Crippen molar-refractivity contribution in [1.29, 1.82) is 0 Å². The number of ether oxygens (including phenoxy) is 10. The fraction of sp³-hybridized carbons (Fsp3) is 0.981. The normalized spacial score (nSPS) is 30.2. The van der Waals surface area contributed by atoms with Gasteiger partial charge in [0, 0.05) is 72.1 Å². The Morgan fingerprint density at radius 3 is 1.10 bits per heavy atom. The first-order chi connectivity index (χ1) is 44.1. The monoisotopic (exact) mass is 1500 g/mol. The van der Waals surface area contributed by atoms with E-state index in [0.29, 0.717) is 38.5 Å². The molecule has 41 heteroatoms. The van der Waals surface area contributed by atoms with Crippen LogP contribution in [0.1, 0.15) is 85.0 Å². The van der Waals surface area contributed by atoms with Crippen LogP contribution in [0.15, 0.2) is 0 Å². The van der Waals surface area contributed by atoms with E-state index in [1.165, 1.54) is 14.0 Å². The first-order valence-corrected chi connectivity index (χ1v) is 40.9. The highest BCUT2D eigenvalue weighted by Gasteiger charge is 2.46. The van der Waals surface area contributed by atoms with Crippen molar-refractivity contribution in [3.8, 4) is 0 Å². The number of hydrogen-bond donors (Lipinski definition) is 10. The lowest BCUT2D eigenvalue weighted by Crippen LogP contribution is -2.64. The van der Waals surface area contributed by atoms with Crippen molar-refractivity contribution in [2.75, 3.05) is 146 Å². The third-order valence-corrected chi connectivity index (χ3v) is 21.0. The first-order valence-electron chi connectivity index (χ1n) is 30.7. The molecule has 3 heterocycles. The molecule has 20 atom stereocenters. The van der Waals surface area contributed by atoms with Crippen molar-refractivity contribution in [2.24, 2.45) is 17.3 Å². The average molecular weight is 1500 g/mol. The van der Waals surface area contributed by atoms with Gasteiger partial charge in [-0.15, -0.1) is 0 Å². The smallest absolute Gasteiger partial charge is 0.217 e. The van der Waals surface area contributed by atoms with Crippen LogP contribution in [-0.4, -0.2) is 278 Å². The van der Waals surface area contributed by atoms with Crippen molar-refractivity contribution in [3.63, 3.8) is 0 Å². The molecule has 0 aromatic carbocycles. The van der Waals surface area contributed by atoms with E-state index >= 15 is 0 Å². The molecular weight excluding hydrogens is 1400 g/mol. The number of aliphatic hydroxyl groups excluding tert-OH is 9. The van der Waals surface area contributed by atoms with Crippen LogP contribution in [0.3, 0.4) is 0 Å². The molecule has 93 heavy (non-hydrogen) atoms. The van der Waals surface area contributed by atoms with E-state index in [2.05, 4.69) is 5.32 Å². The molecule has 0 bridgehead atoms. The largest absolute Gasteiger partial charge is 0.780 e. The number of rotatable bonds is 54. The Morgan fingerprint density at radius 1 is 0.462 bits per heavy atom. The fourth-order valence-electron chi connectivity index (χ4n) is 9.09. The van der Waals surface area contributed by atoms with Crippen molar-refractivity contribution in [3.05, 3.63) is 0 Å². The number of amides is 1. The standard InChI is InChI=1S/C52H103NO32P4S4/c1-36-43(58)45(60)39(29-54)83-49(36)73-19-5-8-22-77-87(65,91)80-26-12-16-70-33-52(32-69-15-11-25-76-86(64,90)68-4,34-71-17-13-27-81-88(66,92)78-23-9-6-20-74-50-37(2)44(59)46(61)40(30-55)84-50)35-72-18-14-28-82-89(67,93)79-24-10-7-21-75-51-42(53-38(3)57)48(63)47(62)41(31-56)85-51/h36-37,39-51,54-56,58-63H,5-35H2,1-4H3,(H,53,57)(H,64,90)(H,65,91)(H,66,92)(H,67,93)/p-4/t36?,37?,39?,40?,41?,42?,43-,44-,45+,46+,47+,48-,49-,50-,51-,52?,86?,87?,88?,89?/m1/s1. The molecule has 3 saturated heterocycles. The summed E-state index contributed by atoms with van der Waals surface area (Å²) in [6.45, 7) is -12.6. The maximum Gasteiger partial charge on any atom is 0.217 e. The van der Waals surface area contributed by atoms with Gasteiger partial charge in [0.1, 0.15) is 68.9 Å². The van der Waals surface area contributed by atoms with Gasteiger partial charge in [0.15, 0.2) is 25.7 Å². The van der Waals surface area contributed by atoms with Crippen LogP contribution in [0.4, 0.5) is 0 Å². The molecule has 3 aliphatic heterocycles. The second-order valence-corrected chi connectivity index (χ2v) is 33.3. The Kier molecular flexibility index (Phi) is 44.6. The summed E-state index contributed by atoms with van der Waals surface area (Å²) in [6.07, 6.45) is -10.7. The molecule has 0 saturated carbocycles. The van der Waals surface area contributed by atoms with Gasteiger partial charge in [-0.1, -0.05) is 49.3 Å². The molecule has 0 aliphatic carbocycles. The highest BCUT2D eigenvalue weighted by Crippen LogP contribution is 2.46. The number of aliphatic hydroxyl groups is 9. The quantitative estimate of drug-likeness (QED) is 0.0183. The van der Waals surface area contributed by atoms with Gasteiger partial charge in [-0.05, 0) is 64.2 Å². The van der Waals surface area contributed by atoms with Crippen molar-refractivity contribution >= 4 is 80.5 Å². The summed E-state index contributed by atoms with van der Waals surface area (Å²) in [5.41, 5.74) is -1.05. The van der Waals surface area contributed by atoms with E-state index in [9.17, 15) is 70.0 Å². The molecule has 0 aromatic rings. The summed E-state index contributed by atoms with van der Waals surface area (Å²) < 4.78 is 113. The van der Waals surface area contributed by atoms with E-state index in [1.54, 1.807) is 13.8 Å². The molecule has 0 radical (unpaired) electrons. The van der Waals surface area contributed by atoms with E-state index in [1.807, 2.05) is 0 Å².